The Morgan fingerprint density at radius 3 is 2.89 bits per heavy atom. The van der Waals surface area contributed by atoms with Crippen LogP contribution in [0.5, 0.6) is 0 Å². The summed E-state index contributed by atoms with van der Waals surface area (Å²) in [6, 6.07) is 3.90. The van der Waals surface area contributed by atoms with Crippen molar-refractivity contribution in [2.45, 2.75) is 25.4 Å². The van der Waals surface area contributed by atoms with Crippen LogP contribution in [0.25, 0.3) is 0 Å². The van der Waals surface area contributed by atoms with Crippen LogP contribution in [0.15, 0.2) is 18.2 Å². The maximum Gasteiger partial charge on any atom is 0.279 e. The number of amides is 1. The standard InChI is InChI=1S/C17H23F2N3O4S/c1-12-8-14(2-3-15(12)18)21-16(23)17(19)5-6-22(11-17)27(24,25)20-9-13-4-7-26-10-13/h2-3,8,13,20H,4-7,9-11H2,1H3,(H,21,23). The van der Waals surface area contributed by atoms with Gasteiger partial charge >= 0.3 is 0 Å². The second kappa shape index (κ2) is 7.78. The van der Waals surface area contributed by atoms with Crippen molar-refractivity contribution in [2.24, 2.45) is 5.92 Å². The van der Waals surface area contributed by atoms with Gasteiger partial charge in [0.25, 0.3) is 16.1 Å². The molecular formula is C17H23F2N3O4S. The molecule has 1 aromatic rings. The topological polar surface area (TPSA) is 87.7 Å². The Bertz CT molecular complexity index is 814. The minimum Gasteiger partial charge on any atom is -0.381 e. The Morgan fingerprint density at radius 1 is 1.44 bits per heavy atom. The van der Waals surface area contributed by atoms with Gasteiger partial charge in [0.2, 0.25) is 5.67 Å². The van der Waals surface area contributed by atoms with E-state index < -0.39 is 34.1 Å². The van der Waals surface area contributed by atoms with Crippen molar-refractivity contribution in [1.29, 1.82) is 0 Å². The van der Waals surface area contributed by atoms with Gasteiger partial charge in [0, 0.05) is 31.8 Å². The zero-order valence-corrected chi connectivity index (χ0v) is 15.8. The number of hydrogen-bond donors (Lipinski definition) is 2. The summed E-state index contributed by atoms with van der Waals surface area (Å²) in [6.07, 6.45) is 0.529. The molecule has 1 amide bonds. The molecule has 2 saturated heterocycles. The Kier molecular flexibility index (Phi) is 5.80. The number of anilines is 1. The number of aryl methyl sites for hydroxylation is 1. The van der Waals surface area contributed by atoms with Gasteiger partial charge in [-0.05, 0) is 43.0 Å². The molecule has 27 heavy (non-hydrogen) atoms. The maximum absolute atomic E-state index is 15.1. The Labute approximate surface area is 157 Å². The number of rotatable bonds is 6. The van der Waals surface area contributed by atoms with Crippen LogP contribution in [0.2, 0.25) is 0 Å². The van der Waals surface area contributed by atoms with E-state index in [4.69, 9.17) is 4.74 Å². The zero-order chi connectivity index (χ0) is 19.7. The molecule has 7 nitrogen and oxygen atoms in total. The highest BCUT2D eigenvalue weighted by Crippen LogP contribution is 2.29. The normalized spacial score (nSPS) is 26.4. The fourth-order valence-electron chi connectivity index (χ4n) is 3.15. The van der Waals surface area contributed by atoms with E-state index in [0.717, 1.165) is 10.7 Å². The molecule has 0 aliphatic carbocycles. The number of hydrogen-bond acceptors (Lipinski definition) is 4. The number of halogens is 2. The van der Waals surface area contributed by atoms with Crippen LogP contribution in [0.3, 0.4) is 0 Å². The average Bonchev–Trinajstić information content (AvgIpc) is 3.27. The molecule has 2 heterocycles. The second-order valence-corrected chi connectivity index (χ2v) is 8.81. The SMILES string of the molecule is Cc1cc(NC(=O)C2(F)CCN(S(=O)(=O)NCC3CCOC3)C2)ccc1F. The van der Waals surface area contributed by atoms with Crippen LogP contribution in [-0.2, 0) is 19.7 Å². The van der Waals surface area contributed by atoms with Gasteiger partial charge in [0.15, 0.2) is 0 Å². The monoisotopic (exact) mass is 403 g/mol. The molecule has 0 bridgehead atoms. The predicted octanol–water partition coefficient (Wildman–Crippen LogP) is 1.36. The molecule has 1 aromatic carbocycles. The van der Waals surface area contributed by atoms with Gasteiger partial charge in [-0.3, -0.25) is 4.79 Å². The van der Waals surface area contributed by atoms with Crippen molar-refractivity contribution in [3.63, 3.8) is 0 Å². The summed E-state index contributed by atoms with van der Waals surface area (Å²) in [5.41, 5.74) is -1.76. The molecule has 0 spiro atoms. The summed E-state index contributed by atoms with van der Waals surface area (Å²) in [7, 11) is -3.88. The molecular weight excluding hydrogens is 380 g/mol. The summed E-state index contributed by atoms with van der Waals surface area (Å²) >= 11 is 0. The molecule has 0 radical (unpaired) electrons. The van der Waals surface area contributed by atoms with Gasteiger partial charge in [-0.15, -0.1) is 0 Å². The molecule has 10 heteroatoms. The van der Waals surface area contributed by atoms with Crippen LogP contribution in [0.4, 0.5) is 14.5 Å². The largest absolute Gasteiger partial charge is 0.381 e. The van der Waals surface area contributed by atoms with Gasteiger partial charge < -0.3 is 10.1 Å². The molecule has 3 rings (SSSR count). The number of carbonyl (C=O) groups is 1. The van der Waals surface area contributed by atoms with Crippen LogP contribution in [-0.4, -0.2) is 57.1 Å². The molecule has 150 valence electrons. The van der Waals surface area contributed by atoms with E-state index >= 15 is 4.39 Å². The van der Waals surface area contributed by atoms with Crippen LogP contribution < -0.4 is 10.0 Å². The highest BCUT2D eigenvalue weighted by atomic mass is 32.2. The molecule has 2 unspecified atom stereocenters. The summed E-state index contributed by atoms with van der Waals surface area (Å²) in [5.74, 6) is -1.27. The van der Waals surface area contributed by atoms with Crippen molar-refractivity contribution < 1.29 is 26.7 Å². The van der Waals surface area contributed by atoms with Gasteiger partial charge in [0.05, 0.1) is 13.2 Å². The molecule has 0 aromatic heterocycles. The lowest BCUT2D eigenvalue weighted by atomic mass is 10.0. The molecule has 2 aliphatic rings. The van der Waals surface area contributed by atoms with Gasteiger partial charge in [-0.25, -0.2) is 13.5 Å². The van der Waals surface area contributed by atoms with Crippen LogP contribution in [0, 0.1) is 18.7 Å². The average molecular weight is 403 g/mol. The highest BCUT2D eigenvalue weighted by Gasteiger charge is 2.48. The molecule has 2 N–H and O–H groups in total. The first-order valence-corrected chi connectivity index (χ1v) is 10.2. The number of nitrogens with one attached hydrogen (secondary N) is 2. The third-order valence-electron chi connectivity index (χ3n) is 4.93. The van der Waals surface area contributed by atoms with Gasteiger partial charge in [0.1, 0.15) is 5.82 Å². The van der Waals surface area contributed by atoms with Crippen molar-refractivity contribution in [3.05, 3.63) is 29.6 Å². The van der Waals surface area contributed by atoms with E-state index in [0.29, 0.717) is 18.8 Å². The summed E-state index contributed by atoms with van der Waals surface area (Å²) in [6.45, 7) is 2.19. The maximum atomic E-state index is 15.1. The van der Waals surface area contributed by atoms with E-state index in [9.17, 15) is 17.6 Å². The van der Waals surface area contributed by atoms with E-state index in [2.05, 4.69) is 10.0 Å². The highest BCUT2D eigenvalue weighted by molar-refractivity contribution is 7.87. The summed E-state index contributed by atoms with van der Waals surface area (Å²) in [5, 5.41) is 2.40. The smallest absolute Gasteiger partial charge is 0.279 e. The van der Waals surface area contributed by atoms with Crippen molar-refractivity contribution in [2.75, 3.05) is 38.2 Å². The summed E-state index contributed by atoms with van der Waals surface area (Å²) < 4.78 is 61.7. The molecule has 2 aliphatic heterocycles. The molecule has 2 fully saturated rings. The Morgan fingerprint density at radius 2 is 2.22 bits per heavy atom. The van der Waals surface area contributed by atoms with Gasteiger partial charge in [-0.1, -0.05) is 0 Å². The van der Waals surface area contributed by atoms with Crippen molar-refractivity contribution in [3.8, 4) is 0 Å². The second-order valence-electron chi connectivity index (χ2n) is 7.05. The number of ether oxygens (including phenoxy) is 1. The van der Waals surface area contributed by atoms with E-state index in [1.165, 1.54) is 25.1 Å². The Hall–Kier alpha value is -1.62. The molecule has 2 atom stereocenters. The number of carbonyl (C=O) groups excluding carboxylic acids is 1. The van der Waals surface area contributed by atoms with E-state index in [-0.39, 0.29) is 31.1 Å². The van der Waals surface area contributed by atoms with Gasteiger partial charge in [-0.2, -0.15) is 12.7 Å². The quantitative estimate of drug-likeness (QED) is 0.751. The van der Waals surface area contributed by atoms with E-state index in [1.807, 2.05) is 0 Å². The Balaban J connectivity index is 1.60. The fourth-order valence-corrected chi connectivity index (χ4v) is 4.49. The van der Waals surface area contributed by atoms with Crippen molar-refractivity contribution >= 4 is 21.8 Å². The van der Waals surface area contributed by atoms with E-state index in [1.54, 1.807) is 0 Å². The number of nitrogens with zero attached hydrogens (tertiary/aromatic N) is 1. The molecule has 0 saturated carbocycles. The lowest BCUT2D eigenvalue weighted by molar-refractivity contribution is -0.126. The van der Waals surface area contributed by atoms with Crippen LogP contribution >= 0.6 is 0 Å². The summed E-state index contributed by atoms with van der Waals surface area (Å²) in [4.78, 5) is 12.3. The van der Waals surface area contributed by atoms with Crippen LogP contribution in [0.1, 0.15) is 18.4 Å². The third-order valence-corrected chi connectivity index (χ3v) is 6.45. The first-order chi connectivity index (χ1) is 12.7. The first kappa shape index (κ1) is 20.1. The van der Waals surface area contributed by atoms with Crippen molar-refractivity contribution in [1.82, 2.24) is 9.03 Å². The zero-order valence-electron chi connectivity index (χ0n) is 15.0. The first-order valence-electron chi connectivity index (χ1n) is 8.79. The lowest BCUT2D eigenvalue weighted by Crippen LogP contribution is -2.46. The predicted molar refractivity (Wildman–Crippen MR) is 95.6 cm³/mol. The fraction of sp³-hybridized carbons (Fsp3) is 0.588. The minimum absolute atomic E-state index is 0.0944. The lowest BCUT2D eigenvalue weighted by Gasteiger charge is -2.21. The minimum atomic E-state index is -3.88. The number of alkyl halides is 1. The number of benzene rings is 1. The third kappa shape index (κ3) is 4.63.